The van der Waals surface area contributed by atoms with E-state index in [4.69, 9.17) is 6.42 Å². The standard InChI is InChI=1S/C14H15N3/c1-3-12-6-5-7-13(8-12)16-10-14-9-15-11-17(14)4-2/h1,5-9,11,16H,4,10H2,2H3. The van der Waals surface area contributed by atoms with Gasteiger partial charge in [0.05, 0.1) is 18.6 Å². The van der Waals surface area contributed by atoms with Gasteiger partial charge in [-0.2, -0.15) is 0 Å². The van der Waals surface area contributed by atoms with Gasteiger partial charge in [0.2, 0.25) is 0 Å². The van der Waals surface area contributed by atoms with Crippen LogP contribution in [-0.4, -0.2) is 9.55 Å². The number of rotatable bonds is 4. The van der Waals surface area contributed by atoms with E-state index in [-0.39, 0.29) is 0 Å². The van der Waals surface area contributed by atoms with Crippen molar-refractivity contribution in [2.24, 2.45) is 0 Å². The first-order valence-corrected chi connectivity index (χ1v) is 5.63. The normalized spacial score (nSPS) is 9.88. The predicted molar refractivity (Wildman–Crippen MR) is 69.6 cm³/mol. The van der Waals surface area contributed by atoms with Crippen molar-refractivity contribution >= 4 is 5.69 Å². The molecule has 1 aromatic carbocycles. The zero-order valence-electron chi connectivity index (χ0n) is 9.85. The third-order valence-electron chi connectivity index (χ3n) is 2.64. The van der Waals surface area contributed by atoms with Crippen LogP contribution in [0.25, 0.3) is 0 Å². The average Bonchev–Trinajstić information content (AvgIpc) is 2.84. The summed E-state index contributed by atoms with van der Waals surface area (Å²) >= 11 is 0. The minimum atomic E-state index is 0.752. The molecule has 2 aromatic rings. The highest BCUT2D eigenvalue weighted by molar-refractivity contribution is 5.50. The SMILES string of the molecule is C#Cc1cccc(NCc2cncn2CC)c1. The zero-order chi connectivity index (χ0) is 12.1. The van der Waals surface area contributed by atoms with Gasteiger partial charge in [-0.15, -0.1) is 6.42 Å². The molecule has 0 aliphatic heterocycles. The predicted octanol–water partition coefficient (Wildman–Crippen LogP) is 2.50. The first kappa shape index (κ1) is 11.3. The molecule has 17 heavy (non-hydrogen) atoms. The summed E-state index contributed by atoms with van der Waals surface area (Å²) in [6, 6.07) is 7.84. The number of hydrogen-bond acceptors (Lipinski definition) is 2. The van der Waals surface area contributed by atoms with Crippen molar-refractivity contribution in [1.82, 2.24) is 9.55 Å². The van der Waals surface area contributed by atoms with E-state index in [1.54, 1.807) is 0 Å². The number of terminal acetylenes is 1. The van der Waals surface area contributed by atoms with Gasteiger partial charge in [-0.3, -0.25) is 0 Å². The molecule has 1 aromatic heterocycles. The Morgan fingerprint density at radius 2 is 2.35 bits per heavy atom. The first-order chi connectivity index (χ1) is 8.33. The van der Waals surface area contributed by atoms with Crippen LogP contribution >= 0.6 is 0 Å². The van der Waals surface area contributed by atoms with Gasteiger partial charge in [0.1, 0.15) is 0 Å². The molecule has 1 heterocycles. The minimum absolute atomic E-state index is 0.752. The van der Waals surface area contributed by atoms with Crippen molar-refractivity contribution in [2.45, 2.75) is 20.0 Å². The fraction of sp³-hybridized carbons (Fsp3) is 0.214. The molecule has 0 atom stereocenters. The Bertz CT molecular complexity index is 534. The van der Waals surface area contributed by atoms with E-state index in [0.29, 0.717) is 0 Å². The lowest BCUT2D eigenvalue weighted by Gasteiger charge is -2.08. The van der Waals surface area contributed by atoms with Gasteiger partial charge in [-0.25, -0.2) is 4.98 Å². The van der Waals surface area contributed by atoms with E-state index < -0.39 is 0 Å². The number of aryl methyl sites for hydroxylation is 1. The molecule has 0 fully saturated rings. The lowest BCUT2D eigenvalue weighted by atomic mass is 10.2. The van der Waals surface area contributed by atoms with Gasteiger partial charge in [-0.05, 0) is 25.1 Å². The van der Waals surface area contributed by atoms with E-state index in [1.165, 1.54) is 5.69 Å². The quantitative estimate of drug-likeness (QED) is 0.810. The van der Waals surface area contributed by atoms with Crippen molar-refractivity contribution < 1.29 is 0 Å². The second-order valence-electron chi connectivity index (χ2n) is 3.75. The summed E-state index contributed by atoms with van der Waals surface area (Å²) in [4.78, 5) is 4.13. The fourth-order valence-corrected chi connectivity index (χ4v) is 1.69. The van der Waals surface area contributed by atoms with Crippen LogP contribution in [0.5, 0.6) is 0 Å². The minimum Gasteiger partial charge on any atom is -0.379 e. The van der Waals surface area contributed by atoms with Crippen LogP contribution in [0.1, 0.15) is 18.2 Å². The monoisotopic (exact) mass is 225 g/mol. The maximum Gasteiger partial charge on any atom is 0.0948 e. The Hall–Kier alpha value is -2.21. The van der Waals surface area contributed by atoms with Gasteiger partial charge < -0.3 is 9.88 Å². The third-order valence-corrected chi connectivity index (χ3v) is 2.64. The van der Waals surface area contributed by atoms with E-state index in [9.17, 15) is 0 Å². The molecule has 3 heteroatoms. The molecular formula is C14H15N3. The summed E-state index contributed by atoms with van der Waals surface area (Å²) in [5.74, 6) is 2.63. The van der Waals surface area contributed by atoms with Crippen molar-refractivity contribution in [3.8, 4) is 12.3 Å². The van der Waals surface area contributed by atoms with Gasteiger partial charge >= 0.3 is 0 Å². The molecule has 3 nitrogen and oxygen atoms in total. The second kappa shape index (κ2) is 5.22. The number of anilines is 1. The van der Waals surface area contributed by atoms with Gasteiger partial charge in [0.25, 0.3) is 0 Å². The molecule has 0 bridgehead atoms. The number of benzene rings is 1. The van der Waals surface area contributed by atoms with Crippen LogP contribution in [-0.2, 0) is 13.1 Å². The summed E-state index contributed by atoms with van der Waals surface area (Å²) in [5, 5.41) is 3.34. The molecule has 0 saturated carbocycles. The largest absolute Gasteiger partial charge is 0.379 e. The first-order valence-electron chi connectivity index (χ1n) is 5.63. The maximum absolute atomic E-state index is 5.36. The van der Waals surface area contributed by atoms with E-state index in [2.05, 4.69) is 27.7 Å². The van der Waals surface area contributed by atoms with Gasteiger partial charge in [0.15, 0.2) is 0 Å². The van der Waals surface area contributed by atoms with Gasteiger partial charge in [0, 0.05) is 24.0 Å². The van der Waals surface area contributed by atoms with Crippen molar-refractivity contribution in [1.29, 1.82) is 0 Å². The lowest BCUT2D eigenvalue weighted by molar-refractivity contribution is 0.719. The Morgan fingerprint density at radius 1 is 1.47 bits per heavy atom. The van der Waals surface area contributed by atoms with Crippen molar-refractivity contribution in [3.05, 3.63) is 48.0 Å². The van der Waals surface area contributed by atoms with Crippen molar-refractivity contribution in [3.63, 3.8) is 0 Å². The highest BCUT2D eigenvalue weighted by atomic mass is 15.1. The summed E-state index contributed by atoms with van der Waals surface area (Å²) < 4.78 is 2.11. The molecule has 2 rings (SSSR count). The maximum atomic E-state index is 5.36. The van der Waals surface area contributed by atoms with Crippen LogP contribution in [0.3, 0.4) is 0 Å². The zero-order valence-corrected chi connectivity index (χ0v) is 9.85. The third kappa shape index (κ3) is 2.67. The molecule has 0 radical (unpaired) electrons. The van der Waals surface area contributed by atoms with Crippen LogP contribution in [0.2, 0.25) is 0 Å². The molecule has 0 spiro atoms. The van der Waals surface area contributed by atoms with Crippen molar-refractivity contribution in [2.75, 3.05) is 5.32 Å². The number of nitrogens with one attached hydrogen (secondary N) is 1. The molecule has 1 N–H and O–H groups in total. The van der Waals surface area contributed by atoms with E-state index in [1.807, 2.05) is 36.8 Å². The number of aromatic nitrogens is 2. The Balaban J connectivity index is 2.05. The summed E-state index contributed by atoms with van der Waals surface area (Å²) in [5.41, 5.74) is 3.09. The Kier molecular flexibility index (Phi) is 3.46. The highest BCUT2D eigenvalue weighted by Gasteiger charge is 2.00. The fourth-order valence-electron chi connectivity index (χ4n) is 1.69. The summed E-state index contributed by atoms with van der Waals surface area (Å²) in [7, 11) is 0. The molecule has 0 aliphatic carbocycles. The molecule has 86 valence electrons. The van der Waals surface area contributed by atoms with Crippen LogP contribution < -0.4 is 5.32 Å². The molecule has 0 unspecified atom stereocenters. The lowest BCUT2D eigenvalue weighted by Crippen LogP contribution is -2.05. The van der Waals surface area contributed by atoms with Crippen LogP contribution in [0.4, 0.5) is 5.69 Å². The Morgan fingerprint density at radius 3 is 3.12 bits per heavy atom. The number of nitrogens with zero attached hydrogens (tertiary/aromatic N) is 2. The topological polar surface area (TPSA) is 29.9 Å². The van der Waals surface area contributed by atoms with E-state index in [0.717, 1.165) is 24.3 Å². The molecule has 0 aliphatic rings. The smallest absolute Gasteiger partial charge is 0.0948 e. The molecular weight excluding hydrogens is 210 g/mol. The van der Waals surface area contributed by atoms with Gasteiger partial charge in [-0.1, -0.05) is 12.0 Å². The molecule has 0 amide bonds. The summed E-state index contributed by atoms with van der Waals surface area (Å²) in [6.45, 7) is 3.79. The molecule has 0 saturated heterocycles. The second-order valence-corrected chi connectivity index (χ2v) is 3.75. The summed E-state index contributed by atoms with van der Waals surface area (Å²) in [6.07, 6.45) is 9.08. The number of imidazole rings is 1. The Labute approximate surface area is 102 Å². The van der Waals surface area contributed by atoms with E-state index >= 15 is 0 Å². The highest BCUT2D eigenvalue weighted by Crippen LogP contribution is 2.11. The van der Waals surface area contributed by atoms with Crippen LogP contribution in [0.15, 0.2) is 36.8 Å². The van der Waals surface area contributed by atoms with Crippen LogP contribution in [0, 0.1) is 12.3 Å². The average molecular weight is 225 g/mol. The number of hydrogen-bond donors (Lipinski definition) is 1.